The molecule has 1 aromatic rings. The van der Waals surface area contributed by atoms with Gasteiger partial charge in [0, 0.05) is 0 Å². The lowest BCUT2D eigenvalue weighted by Crippen LogP contribution is -2.24. The molecule has 0 amide bonds. The molecule has 19 heavy (non-hydrogen) atoms. The van der Waals surface area contributed by atoms with Crippen LogP contribution in [-0.4, -0.2) is 19.7 Å². The summed E-state index contributed by atoms with van der Waals surface area (Å²) in [6, 6.07) is 10.1. The second-order valence-corrected chi connectivity index (χ2v) is 5.58. The number of benzene rings is 1. The molecule has 0 saturated heterocycles. The Morgan fingerprint density at radius 1 is 1.00 bits per heavy atom. The van der Waals surface area contributed by atoms with E-state index in [4.69, 9.17) is 4.74 Å². The first kappa shape index (κ1) is 14.4. The predicted octanol–water partition coefficient (Wildman–Crippen LogP) is 4.02. The molecule has 1 saturated carbocycles. The first-order valence-electron chi connectivity index (χ1n) is 7.84. The van der Waals surface area contributed by atoms with Crippen LogP contribution in [0.5, 0.6) is 5.75 Å². The highest BCUT2D eigenvalue weighted by atomic mass is 16.5. The van der Waals surface area contributed by atoms with Crippen molar-refractivity contribution in [1.82, 2.24) is 5.32 Å². The SMILES string of the molecule is c1ccc(OCCCNCC2CCCCCC2)cc1. The third kappa shape index (κ3) is 6.11. The Labute approximate surface area is 117 Å². The first-order valence-corrected chi connectivity index (χ1v) is 7.84. The van der Waals surface area contributed by atoms with Crippen molar-refractivity contribution in [2.24, 2.45) is 5.92 Å². The summed E-state index contributed by atoms with van der Waals surface area (Å²) < 4.78 is 5.68. The molecule has 2 nitrogen and oxygen atoms in total. The minimum atomic E-state index is 0.807. The minimum absolute atomic E-state index is 0.807. The molecule has 0 atom stereocenters. The molecule has 0 aliphatic heterocycles. The lowest BCUT2D eigenvalue weighted by Gasteiger charge is -2.14. The number of para-hydroxylation sites is 1. The van der Waals surface area contributed by atoms with E-state index in [2.05, 4.69) is 5.32 Å². The summed E-state index contributed by atoms with van der Waals surface area (Å²) in [7, 11) is 0. The standard InChI is InChI=1S/C17H27NO/c1-2-5-10-16(9-4-1)15-18-13-8-14-19-17-11-6-3-7-12-17/h3,6-7,11-12,16,18H,1-2,4-5,8-10,13-15H2. The van der Waals surface area contributed by atoms with Crippen molar-refractivity contribution in [3.63, 3.8) is 0 Å². The molecule has 0 unspecified atom stereocenters. The number of hydrogen-bond donors (Lipinski definition) is 1. The Morgan fingerprint density at radius 2 is 1.74 bits per heavy atom. The smallest absolute Gasteiger partial charge is 0.119 e. The molecule has 1 fully saturated rings. The number of hydrogen-bond acceptors (Lipinski definition) is 2. The van der Waals surface area contributed by atoms with Crippen LogP contribution in [0.3, 0.4) is 0 Å². The maximum absolute atomic E-state index is 5.68. The van der Waals surface area contributed by atoms with E-state index >= 15 is 0 Å². The topological polar surface area (TPSA) is 21.3 Å². The maximum atomic E-state index is 5.68. The van der Waals surface area contributed by atoms with Gasteiger partial charge in [-0.3, -0.25) is 0 Å². The number of ether oxygens (including phenoxy) is 1. The van der Waals surface area contributed by atoms with Gasteiger partial charge in [0.05, 0.1) is 6.61 Å². The molecule has 2 heteroatoms. The van der Waals surface area contributed by atoms with Gasteiger partial charge < -0.3 is 10.1 Å². The van der Waals surface area contributed by atoms with E-state index < -0.39 is 0 Å². The monoisotopic (exact) mass is 261 g/mol. The summed E-state index contributed by atoms with van der Waals surface area (Å²) in [6.07, 6.45) is 9.69. The first-order chi connectivity index (χ1) is 9.45. The van der Waals surface area contributed by atoms with Gasteiger partial charge in [-0.05, 0) is 50.4 Å². The van der Waals surface area contributed by atoms with E-state index in [0.29, 0.717) is 0 Å². The summed E-state index contributed by atoms with van der Waals surface area (Å²) in [5.74, 6) is 1.89. The van der Waals surface area contributed by atoms with Crippen LogP contribution in [0.15, 0.2) is 30.3 Å². The summed E-state index contributed by atoms with van der Waals surface area (Å²) in [6.45, 7) is 3.08. The van der Waals surface area contributed by atoms with Gasteiger partial charge in [-0.25, -0.2) is 0 Å². The molecule has 106 valence electrons. The fourth-order valence-corrected chi connectivity index (χ4v) is 2.78. The van der Waals surface area contributed by atoms with Crippen molar-refractivity contribution in [2.45, 2.75) is 44.9 Å². The predicted molar refractivity (Wildman–Crippen MR) is 80.6 cm³/mol. The van der Waals surface area contributed by atoms with Crippen molar-refractivity contribution < 1.29 is 4.74 Å². The van der Waals surface area contributed by atoms with E-state index in [9.17, 15) is 0 Å². The van der Waals surface area contributed by atoms with Crippen LogP contribution in [0, 0.1) is 5.92 Å². The molecule has 1 aliphatic carbocycles. The largest absolute Gasteiger partial charge is 0.494 e. The normalized spacial score (nSPS) is 17.1. The van der Waals surface area contributed by atoms with Gasteiger partial charge >= 0.3 is 0 Å². The molecule has 0 aromatic heterocycles. The van der Waals surface area contributed by atoms with Crippen molar-refractivity contribution in [3.8, 4) is 5.75 Å². The van der Waals surface area contributed by atoms with Gasteiger partial charge in [-0.1, -0.05) is 43.9 Å². The summed E-state index contributed by atoms with van der Waals surface area (Å²) in [4.78, 5) is 0. The second-order valence-electron chi connectivity index (χ2n) is 5.58. The third-order valence-electron chi connectivity index (χ3n) is 3.92. The Morgan fingerprint density at radius 3 is 2.47 bits per heavy atom. The van der Waals surface area contributed by atoms with Crippen LogP contribution in [0.25, 0.3) is 0 Å². The zero-order chi connectivity index (χ0) is 13.2. The van der Waals surface area contributed by atoms with Crippen LogP contribution in [0.2, 0.25) is 0 Å². The number of rotatable bonds is 7. The highest BCUT2D eigenvalue weighted by Gasteiger charge is 2.11. The van der Waals surface area contributed by atoms with Crippen molar-refractivity contribution in [1.29, 1.82) is 0 Å². The zero-order valence-corrected chi connectivity index (χ0v) is 11.9. The van der Waals surface area contributed by atoms with Gasteiger partial charge in [-0.2, -0.15) is 0 Å². The number of nitrogens with one attached hydrogen (secondary N) is 1. The van der Waals surface area contributed by atoms with Crippen LogP contribution in [0.1, 0.15) is 44.9 Å². The van der Waals surface area contributed by atoms with Crippen LogP contribution < -0.4 is 10.1 Å². The molecule has 0 radical (unpaired) electrons. The molecule has 0 spiro atoms. The summed E-state index contributed by atoms with van der Waals surface area (Å²) in [5.41, 5.74) is 0. The van der Waals surface area contributed by atoms with Crippen molar-refractivity contribution >= 4 is 0 Å². The van der Waals surface area contributed by atoms with E-state index in [1.54, 1.807) is 0 Å². The van der Waals surface area contributed by atoms with Gasteiger partial charge in [0.15, 0.2) is 0 Å². The van der Waals surface area contributed by atoms with Gasteiger partial charge in [0.1, 0.15) is 5.75 Å². The fourth-order valence-electron chi connectivity index (χ4n) is 2.78. The van der Waals surface area contributed by atoms with E-state index in [1.165, 1.54) is 45.1 Å². The molecule has 2 rings (SSSR count). The molecule has 0 heterocycles. The molecule has 1 aromatic carbocycles. The highest BCUT2D eigenvalue weighted by Crippen LogP contribution is 2.21. The van der Waals surface area contributed by atoms with Crippen molar-refractivity contribution in [2.75, 3.05) is 19.7 Å². The Bertz CT molecular complexity index is 317. The van der Waals surface area contributed by atoms with E-state index in [0.717, 1.165) is 31.2 Å². The molecule has 1 N–H and O–H groups in total. The molecular weight excluding hydrogens is 234 g/mol. The second kappa shape index (κ2) is 8.98. The quantitative estimate of drug-likeness (QED) is 0.591. The fraction of sp³-hybridized carbons (Fsp3) is 0.647. The maximum Gasteiger partial charge on any atom is 0.119 e. The van der Waals surface area contributed by atoms with Crippen LogP contribution in [-0.2, 0) is 0 Å². The lowest BCUT2D eigenvalue weighted by molar-refractivity contribution is 0.305. The van der Waals surface area contributed by atoms with Gasteiger partial charge in [0.2, 0.25) is 0 Å². The van der Waals surface area contributed by atoms with Crippen LogP contribution >= 0.6 is 0 Å². The average molecular weight is 261 g/mol. The summed E-state index contributed by atoms with van der Waals surface area (Å²) >= 11 is 0. The van der Waals surface area contributed by atoms with E-state index in [-0.39, 0.29) is 0 Å². The minimum Gasteiger partial charge on any atom is -0.494 e. The average Bonchev–Trinajstić information content (AvgIpc) is 2.72. The zero-order valence-electron chi connectivity index (χ0n) is 11.9. The molecule has 1 aliphatic rings. The molecular formula is C17H27NO. The third-order valence-corrected chi connectivity index (χ3v) is 3.92. The Kier molecular flexibility index (Phi) is 6.80. The lowest BCUT2D eigenvalue weighted by atomic mass is 10.0. The summed E-state index contributed by atoms with van der Waals surface area (Å²) in [5, 5.41) is 3.59. The Balaban J connectivity index is 1.48. The van der Waals surface area contributed by atoms with Gasteiger partial charge in [0.25, 0.3) is 0 Å². The van der Waals surface area contributed by atoms with Gasteiger partial charge in [-0.15, -0.1) is 0 Å². The Hall–Kier alpha value is -1.02. The van der Waals surface area contributed by atoms with E-state index in [1.807, 2.05) is 30.3 Å². The molecule has 0 bridgehead atoms. The van der Waals surface area contributed by atoms with Crippen LogP contribution in [0.4, 0.5) is 0 Å². The van der Waals surface area contributed by atoms with Crippen molar-refractivity contribution in [3.05, 3.63) is 30.3 Å². The highest BCUT2D eigenvalue weighted by molar-refractivity contribution is 5.20.